The summed E-state index contributed by atoms with van der Waals surface area (Å²) in [5, 5.41) is 0. The summed E-state index contributed by atoms with van der Waals surface area (Å²) in [6, 6.07) is 2.36. The van der Waals surface area contributed by atoms with Gasteiger partial charge in [0, 0.05) is 5.56 Å². The Morgan fingerprint density at radius 1 is 1.46 bits per heavy atom. The van der Waals surface area contributed by atoms with Gasteiger partial charge in [0.15, 0.2) is 11.6 Å². The van der Waals surface area contributed by atoms with E-state index in [0.717, 1.165) is 6.07 Å². The van der Waals surface area contributed by atoms with Crippen molar-refractivity contribution in [3.8, 4) is 18.1 Å². The molecular formula is C10H8F2O. The van der Waals surface area contributed by atoms with Crippen molar-refractivity contribution < 1.29 is 13.5 Å². The van der Waals surface area contributed by atoms with Crippen LogP contribution in [0.4, 0.5) is 8.78 Å². The first-order valence-corrected chi connectivity index (χ1v) is 3.67. The van der Waals surface area contributed by atoms with Gasteiger partial charge in [-0.1, -0.05) is 5.92 Å². The molecule has 0 aliphatic heterocycles. The van der Waals surface area contributed by atoms with E-state index in [1.54, 1.807) is 0 Å². The first-order valence-electron chi connectivity index (χ1n) is 3.67. The molecule has 0 saturated carbocycles. The number of ether oxygens (including phenoxy) is 1. The maximum atomic E-state index is 13.2. The van der Waals surface area contributed by atoms with Crippen LogP contribution >= 0.6 is 0 Å². The molecular weight excluding hydrogens is 174 g/mol. The summed E-state index contributed by atoms with van der Waals surface area (Å²) < 4.78 is 30.7. The summed E-state index contributed by atoms with van der Waals surface area (Å²) in [5.41, 5.74) is -0.0606. The molecule has 0 amide bonds. The lowest BCUT2D eigenvalue weighted by atomic mass is 10.2. The molecule has 0 aliphatic carbocycles. The average molecular weight is 182 g/mol. The minimum atomic E-state index is -0.699. The highest BCUT2D eigenvalue weighted by Crippen LogP contribution is 2.21. The number of rotatable bonds is 2. The van der Waals surface area contributed by atoms with Crippen LogP contribution in [0.25, 0.3) is 0 Å². The fourth-order valence-electron chi connectivity index (χ4n) is 0.868. The second-order valence-corrected chi connectivity index (χ2v) is 2.48. The zero-order valence-corrected chi connectivity index (χ0v) is 7.10. The van der Waals surface area contributed by atoms with Gasteiger partial charge in [-0.3, -0.25) is 0 Å². The van der Waals surface area contributed by atoms with Crippen LogP contribution in [0.5, 0.6) is 5.75 Å². The first kappa shape index (κ1) is 9.53. The minimum Gasteiger partial charge on any atom is -0.478 e. The summed E-state index contributed by atoms with van der Waals surface area (Å²) >= 11 is 0. The molecule has 68 valence electrons. The molecule has 1 aromatic rings. The van der Waals surface area contributed by atoms with Gasteiger partial charge < -0.3 is 4.74 Å². The lowest BCUT2D eigenvalue weighted by molar-refractivity contribution is 0.345. The Morgan fingerprint density at radius 3 is 2.77 bits per heavy atom. The molecule has 1 nitrogen and oxygen atoms in total. The summed E-state index contributed by atoms with van der Waals surface area (Å²) in [6.45, 7) is 1.31. The number of halogens is 2. The van der Waals surface area contributed by atoms with Gasteiger partial charge >= 0.3 is 0 Å². The van der Waals surface area contributed by atoms with Crippen molar-refractivity contribution in [1.29, 1.82) is 0 Å². The number of benzene rings is 1. The summed E-state index contributed by atoms with van der Waals surface area (Å²) in [4.78, 5) is 0. The lowest BCUT2D eigenvalue weighted by Crippen LogP contribution is -1.99. The predicted molar refractivity (Wildman–Crippen MR) is 45.4 cm³/mol. The minimum absolute atomic E-state index is 0.0168. The van der Waals surface area contributed by atoms with Crippen LogP contribution in [0, 0.1) is 30.9 Å². The normalized spacial score (nSPS) is 9.38. The van der Waals surface area contributed by atoms with Crippen molar-refractivity contribution in [2.75, 3.05) is 6.61 Å². The molecule has 0 saturated heterocycles. The second kappa shape index (κ2) is 3.90. The SMILES string of the molecule is C#CCOc1ccc(F)c(C)c1F. The number of terminal acetylenes is 1. The molecule has 1 rings (SSSR count). The van der Waals surface area contributed by atoms with E-state index in [1.165, 1.54) is 13.0 Å². The zero-order valence-electron chi connectivity index (χ0n) is 7.10. The van der Waals surface area contributed by atoms with Crippen molar-refractivity contribution in [3.63, 3.8) is 0 Å². The molecule has 3 heteroatoms. The average Bonchev–Trinajstić information content (AvgIpc) is 2.13. The van der Waals surface area contributed by atoms with Gasteiger partial charge in [0.2, 0.25) is 0 Å². The van der Waals surface area contributed by atoms with Crippen LogP contribution in [0.2, 0.25) is 0 Å². The third-order valence-corrected chi connectivity index (χ3v) is 1.60. The van der Waals surface area contributed by atoms with Gasteiger partial charge in [-0.2, -0.15) is 0 Å². The Hall–Kier alpha value is -1.56. The van der Waals surface area contributed by atoms with E-state index in [9.17, 15) is 8.78 Å². The van der Waals surface area contributed by atoms with Crippen molar-refractivity contribution in [2.45, 2.75) is 6.92 Å². The molecule has 0 heterocycles. The highest BCUT2D eigenvalue weighted by molar-refractivity contribution is 5.31. The molecule has 0 aliphatic rings. The molecule has 0 radical (unpaired) electrons. The monoisotopic (exact) mass is 182 g/mol. The molecule has 0 N–H and O–H groups in total. The molecule has 0 unspecified atom stereocenters. The predicted octanol–water partition coefficient (Wildman–Crippen LogP) is 2.29. The van der Waals surface area contributed by atoms with Crippen LogP contribution in [0.1, 0.15) is 5.56 Å². The summed E-state index contributed by atoms with van der Waals surface area (Å²) in [5.74, 6) is 0.887. The van der Waals surface area contributed by atoms with E-state index < -0.39 is 11.6 Å². The molecule has 0 bridgehead atoms. The topological polar surface area (TPSA) is 9.23 Å². The molecule has 0 fully saturated rings. The van der Waals surface area contributed by atoms with Crippen LogP contribution < -0.4 is 4.74 Å². The molecule has 0 spiro atoms. The Bertz CT molecular complexity index is 353. The summed E-state index contributed by atoms with van der Waals surface area (Å²) in [6.07, 6.45) is 4.92. The quantitative estimate of drug-likeness (QED) is 0.637. The van der Waals surface area contributed by atoms with Crippen LogP contribution in [0.3, 0.4) is 0 Å². The van der Waals surface area contributed by atoms with Crippen molar-refractivity contribution in [1.82, 2.24) is 0 Å². The third kappa shape index (κ3) is 1.97. The summed E-state index contributed by atoms with van der Waals surface area (Å²) in [7, 11) is 0. The van der Waals surface area contributed by atoms with Gasteiger partial charge in [-0.05, 0) is 19.1 Å². The largest absolute Gasteiger partial charge is 0.478 e. The molecule has 0 atom stereocenters. The second-order valence-electron chi connectivity index (χ2n) is 2.48. The third-order valence-electron chi connectivity index (χ3n) is 1.60. The van der Waals surface area contributed by atoms with E-state index in [0.29, 0.717) is 0 Å². The smallest absolute Gasteiger partial charge is 0.170 e. The number of hydrogen-bond donors (Lipinski definition) is 0. The lowest BCUT2D eigenvalue weighted by Gasteiger charge is -2.05. The van der Waals surface area contributed by atoms with Crippen LogP contribution in [-0.2, 0) is 0 Å². The van der Waals surface area contributed by atoms with E-state index in [4.69, 9.17) is 11.2 Å². The zero-order chi connectivity index (χ0) is 9.84. The number of hydrogen-bond acceptors (Lipinski definition) is 1. The fourth-order valence-corrected chi connectivity index (χ4v) is 0.868. The Balaban J connectivity index is 2.98. The Kier molecular flexibility index (Phi) is 2.86. The van der Waals surface area contributed by atoms with Crippen LogP contribution in [0.15, 0.2) is 12.1 Å². The van der Waals surface area contributed by atoms with E-state index in [1.807, 2.05) is 0 Å². The maximum absolute atomic E-state index is 13.2. The van der Waals surface area contributed by atoms with Crippen molar-refractivity contribution in [2.24, 2.45) is 0 Å². The van der Waals surface area contributed by atoms with E-state index in [-0.39, 0.29) is 17.9 Å². The van der Waals surface area contributed by atoms with Gasteiger partial charge in [0.05, 0.1) is 0 Å². The molecule has 0 aromatic heterocycles. The maximum Gasteiger partial charge on any atom is 0.170 e. The van der Waals surface area contributed by atoms with Gasteiger partial charge in [0.25, 0.3) is 0 Å². The van der Waals surface area contributed by atoms with E-state index in [2.05, 4.69) is 5.92 Å². The highest BCUT2D eigenvalue weighted by Gasteiger charge is 2.09. The van der Waals surface area contributed by atoms with Gasteiger partial charge in [-0.25, -0.2) is 8.78 Å². The van der Waals surface area contributed by atoms with Crippen LogP contribution in [-0.4, -0.2) is 6.61 Å². The standard InChI is InChI=1S/C10H8F2O/c1-3-6-13-9-5-4-8(11)7(2)10(9)12/h1,4-5H,6H2,2H3. The highest BCUT2D eigenvalue weighted by atomic mass is 19.1. The van der Waals surface area contributed by atoms with Crippen molar-refractivity contribution in [3.05, 3.63) is 29.3 Å². The Labute approximate surface area is 75.3 Å². The first-order chi connectivity index (χ1) is 6.16. The fraction of sp³-hybridized carbons (Fsp3) is 0.200. The van der Waals surface area contributed by atoms with Gasteiger partial charge in [-0.15, -0.1) is 6.42 Å². The molecule has 13 heavy (non-hydrogen) atoms. The van der Waals surface area contributed by atoms with E-state index >= 15 is 0 Å². The molecule has 1 aromatic carbocycles. The van der Waals surface area contributed by atoms with Gasteiger partial charge in [0.1, 0.15) is 12.4 Å². The Morgan fingerprint density at radius 2 is 2.15 bits per heavy atom. The van der Waals surface area contributed by atoms with Crippen molar-refractivity contribution >= 4 is 0 Å².